The second kappa shape index (κ2) is 9.91. The Morgan fingerprint density at radius 3 is 2.92 bits per heavy atom. The number of halogens is 1. The van der Waals surface area contributed by atoms with Gasteiger partial charge in [0.05, 0.1) is 23.3 Å². The molecule has 0 amide bonds. The number of nitrogens with one attached hydrogen (secondary N) is 2. The average molecular weight is 464 g/mol. The molecule has 1 aromatic heterocycles. The van der Waals surface area contributed by atoms with Crippen molar-refractivity contribution >= 4 is 41.3 Å². The molecule has 2 N–H and O–H groups in total. The van der Waals surface area contributed by atoms with Gasteiger partial charge in [-0.3, -0.25) is 4.99 Å². The van der Waals surface area contributed by atoms with E-state index in [4.69, 9.17) is 9.73 Å². The molecule has 3 unspecified atom stereocenters. The molecule has 3 atom stereocenters. The number of aliphatic imine (C=N–C) groups is 1. The van der Waals surface area contributed by atoms with Gasteiger partial charge >= 0.3 is 0 Å². The Morgan fingerprint density at radius 1 is 1.42 bits per heavy atom. The Bertz CT molecular complexity index is 536. The maximum Gasteiger partial charge on any atom is 0.191 e. The van der Waals surface area contributed by atoms with Crippen LogP contribution in [0.15, 0.2) is 10.4 Å². The Labute approximate surface area is 166 Å². The number of aromatic nitrogens is 1. The van der Waals surface area contributed by atoms with E-state index in [-0.39, 0.29) is 24.0 Å². The van der Waals surface area contributed by atoms with Crippen LogP contribution in [0, 0.1) is 6.92 Å². The van der Waals surface area contributed by atoms with E-state index in [1.807, 2.05) is 0 Å². The minimum absolute atomic E-state index is 0. The van der Waals surface area contributed by atoms with Crippen molar-refractivity contribution in [3.63, 3.8) is 0 Å². The minimum atomic E-state index is 0. The molecule has 2 bridgehead atoms. The summed E-state index contributed by atoms with van der Waals surface area (Å²) >= 11 is 1.76. The lowest BCUT2D eigenvalue weighted by Gasteiger charge is -2.22. The van der Waals surface area contributed by atoms with Crippen molar-refractivity contribution in [1.29, 1.82) is 0 Å². The Hall–Kier alpha value is -0.410. The van der Waals surface area contributed by atoms with Gasteiger partial charge in [0.15, 0.2) is 5.96 Å². The minimum Gasteiger partial charge on any atom is -0.373 e. The van der Waals surface area contributed by atoms with Crippen molar-refractivity contribution in [3.05, 3.63) is 16.1 Å². The van der Waals surface area contributed by atoms with Crippen LogP contribution in [0.5, 0.6) is 0 Å². The second-order valence-electron chi connectivity index (χ2n) is 6.46. The molecule has 2 aliphatic rings. The number of fused-ring (bicyclic) bond motifs is 2. The van der Waals surface area contributed by atoms with Gasteiger partial charge < -0.3 is 15.4 Å². The predicted molar refractivity (Wildman–Crippen MR) is 111 cm³/mol. The molecule has 0 aromatic carbocycles. The first kappa shape index (κ1) is 19.9. The van der Waals surface area contributed by atoms with Crippen LogP contribution >= 0.6 is 35.3 Å². The average Bonchev–Trinajstić information content (AvgIpc) is 3.24. The Balaban J connectivity index is 0.00000208. The number of rotatable bonds is 7. The molecule has 0 aliphatic carbocycles. The number of hydrogen-bond acceptors (Lipinski definition) is 4. The molecule has 2 saturated heterocycles. The van der Waals surface area contributed by atoms with Gasteiger partial charge in [-0.2, -0.15) is 0 Å². The van der Waals surface area contributed by atoms with E-state index in [0.29, 0.717) is 18.2 Å². The number of thiazole rings is 1. The van der Waals surface area contributed by atoms with Gasteiger partial charge in [-0.25, -0.2) is 4.98 Å². The van der Waals surface area contributed by atoms with Crippen LogP contribution in [-0.4, -0.2) is 42.3 Å². The summed E-state index contributed by atoms with van der Waals surface area (Å²) in [5, 5.41) is 10.3. The summed E-state index contributed by atoms with van der Waals surface area (Å²) < 4.78 is 5.91. The molecule has 2 fully saturated rings. The molecule has 3 rings (SSSR count). The third-order valence-corrected chi connectivity index (χ3v) is 5.53. The highest BCUT2D eigenvalue weighted by molar-refractivity contribution is 14.0. The van der Waals surface area contributed by atoms with E-state index in [1.165, 1.54) is 17.8 Å². The summed E-state index contributed by atoms with van der Waals surface area (Å²) in [7, 11) is 0. The lowest BCUT2D eigenvalue weighted by molar-refractivity contribution is 0.0992. The maximum absolute atomic E-state index is 5.91. The van der Waals surface area contributed by atoms with E-state index in [2.05, 4.69) is 34.8 Å². The molecule has 5 nitrogen and oxygen atoms in total. The summed E-state index contributed by atoms with van der Waals surface area (Å²) in [6.45, 7) is 5.92. The fourth-order valence-corrected chi connectivity index (χ4v) is 4.20. The van der Waals surface area contributed by atoms with Crippen LogP contribution in [-0.2, 0) is 11.2 Å². The van der Waals surface area contributed by atoms with Gasteiger partial charge in [0.25, 0.3) is 0 Å². The zero-order chi connectivity index (χ0) is 16.1. The van der Waals surface area contributed by atoms with Crippen molar-refractivity contribution < 1.29 is 4.74 Å². The number of aryl methyl sites for hydroxylation is 2. The molecule has 24 heavy (non-hydrogen) atoms. The maximum atomic E-state index is 5.91. The highest BCUT2D eigenvalue weighted by atomic mass is 127. The normalized spacial score (nSPS) is 25.6. The summed E-state index contributed by atoms with van der Waals surface area (Å²) in [4.78, 5) is 9.23. The van der Waals surface area contributed by atoms with Crippen LogP contribution in [0.2, 0.25) is 0 Å². The van der Waals surface area contributed by atoms with Crippen LogP contribution in [0.3, 0.4) is 0 Å². The molecule has 0 spiro atoms. The van der Waals surface area contributed by atoms with Crippen molar-refractivity contribution in [3.8, 4) is 0 Å². The first-order chi connectivity index (χ1) is 11.2. The van der Waals surface area contributed by atoms with Gasteiger partial charge in [0, 0.05) is 24.2 Å². The molecule has 1 aromatic rings. The monoisotopic (exact) mass is 464 g/mol. The number of guanidine groups is 1. The van der Waals surface area contributed by atoms with Crippen molar-refractivity contribution in [2.75, 3.05) is 13.1 Å². The first-order valence-electron chi connectivity index (χ1n) is 8.86. The van der Waals surface area contributed by atoms with E-state index in [1.54, 1.807) is 11.3 Å². The quantitative estimate of drug-likeness (QED) is 0.282. The van der Waals surface area contributed by atoms with Crippen molar-refractivity contribution in [2.24, 2.45) is 4.99 Å². The number of nitrogens with zero attached hydrogens (tertiary/aromatic N) is 2. The number of ether oxygens (including phenoxy) is 1. The van der Waals surface area contributed by atoms with Crippen LogP contribution in [0.4, 0.5) is 0 Å². The molecule has 0 saturated carbocycles. The second-order valence-corrected chi connectivity index (χ2v) is 7.40. The molecular weight excluding hydrogens is 435 g/mol. The van der Waals surface area contributed by atoms with Crippen LogP contribution in [0.1, 0.15) is 49.7 Å². The first-order valence-corrected chi connectivity index (χ1v) is 9.74. The summed E-state index contributed by atoms with van der Waals surface area (Å²) in [6.07, 6.45) is 7.72. The Kier molecular flexibility index (Phi) is 8.22. The standard InChI is InChI=1S/C17H28N4OS.HI/c1-3-18-17(21-14-10-13-7-8-15(14)22-13)19-9-5-4-6-16-20-12(2)11-23-16;/h11,13-15H,3-10H2,1-2H3,(H2,18,19,21);1H. The zero-order valence-corrected chi connectivity index (χ0v) is 17.7. The lowest BCUT2D eigenvalue weighted by atomic mass is 9.96. The van der Waals surface area contributed by atoms with E-state index < -0.39 is 0 Å². The molecular formula is C17H29IN4OS. The van der Waals surface area contributed by atoms with Crippen LogP contribution < -0.4 is 10.6 Å². The lowest BCUT2D eigenvalue weighted by Crippen LogP contribution is -2.47. The SMILES string of the molecule is CCNC(=NCCCCc1nc(C)cs1)NC1CC2CCC1O2.I. The molecule has 3 heterocycles. The predicted octanol–water partition coefficient (Wildman–Crippen LogP) is 3.27. The summed E-state index contributed by atoms with van der Waals surface area (Å²) in [5.41, 5.74) is 1.13. The Morgan fingerprint density at radius 2 is 2.29 bits per heavy atom. The molecule has 0 radical (unpaired) electrons. The summed E-state index contributed by atoms with van der Waals surface area (Å²) in [6, 6.07) is 0.435. The van der Waals surface area contributed by atoms with E-state index >= 15 is 0 Å². The van der Waals surface area contributed by atoms with Gasteiger partial charge in [0.1, 0.15) is 0 Å². The van der Waals surface area contributed by atoms with E-state index in [0.717, 1.165) is 50.4 Å². The topological polar surface area (TPSA) is 58.5 Å². The van der Waals surface area contributed by atoms with Gasteiger partial charge in [0.2, 0.25) is 0 Å². The number of unbranched alkanes of at least 4 members (excludes halogenated alkanes) is 1. The fourth-order valence-electron chi connectivity index (χ4n) is 3.38. The molecule has 7 heteroatoms. The van der Waals surface area contributed by atoms with Crippen molar-refractivity contribution in [1.82, 2.24) is 15.6 Å². The molecule has 2 aliphatic heterocycles. The van der Waals surface area contributed by atoms with Gasteiger partial charge in [-0.1, -0.05) is 0 Å². The molecule has 136 valence electrons. The summed E-state index contributed by atoms with van der Waals surface area (Å²) in [5.74, 6) is 0.943. The fraction of sp³-hybridized carbons (Fsp3) is 0.765. The number of hydrogen-bond donors (Lipinski definition) is 2. The van der Waals surface area contributed by atoms with Crippen molar-refractivity contribution in [2.45, 2.75) is 70.6 Å². The van der Waals surface area contributed by atoms with Gasteiger partial charge in [-0.05, 0) is 52.4 Å². The highest BCUT2D eigenvalue weighted by Crippen LogP contribution is 2.34. The third-order valence-electron chi connectivity index (χ3n) is 4.51. The highest BCUT2D eigenvalue weighted by Gasteiger charge is 2.41. The third kappa shape index (κ3) is 5.56. The smallest absolute Gasteiger partial charge is 0.191 e. The van der Waals surface area contributed by atoms with Crippen LogP contribution in [0.25, 0.3) is 0 Å². The van der Waals surface area contributed by atoms with E-state index in [9.17, 15) is 0 Å². The van der Waals surface area contributed by atoms with Gasteiger partial charge in [-0.15, -0.1) is 35.3 Å². The largest absolute Gasteiger partial charge is 0.373 e. The zero-order valence-electron chi connectivity index (χ0n) is 14.6.